The Kier molecular flexibility index (Phi) is 5.90. The van der Waals surface area contributed by atoms with Gasteiger partial charge in [0.15, 0.2) is 5.75 Å². The molecule has 0 bridgehead atoms. The maximum atomic E-state index is 12.7. The number of nitrogens with zero attached hydrogens (tertiary/aromatic N) is 1. The highest BCUT2D eigenvalue weighted by Crippen LogP contribution is 2.35. The van der Waals surface area contributed by atoms with E-state index in [1.165, 1.54) is 23.9 Å². The molecule has 1 aliphatic rings. The Bertz CT molecular complexity index is 1040. The predicted molar refractivity (Wildman–Crippen MR) is 112 cm³/mol. The van der Waals surface area contributed by atoms with Gasteiger partial charge in [-0.2, -0.15) is 8.42 Å². The first-order valence-electron chi connectivity index (χ1n) is 7.71. The smallest absolute Gasteiger partial charge is 0.306 e. The highest BCUT2D eigenvalue weighted by atomic mass is 35.5. The van der Waals surface area contributed by atoms with Crippen LogP contribution in [0.3, 0.4) is 0 Å². The number of benzene rings is 2. The number of hydrogen-bond acceptors (Lipinski definition) is 6. The fourth-order valence-electron chi connectivity index (χ4n) is 2.39. The standard InChI is InChI=1S/C18H14ClNO4S3/c1-27(22,23)24-15-8-7-13(9-14(15)19)10-16-17(21)20(18(25)26-16)11-12-5-3-2-4-6-12/h2-10H,11H2,1H3. The van der Waals surface area contributed by atoms with E-state index in [0.717, 1.165) is 11.8 Å². The second kappa shape index (κ2) is 8.02. The molecule has 2 aromatic rings. The maximum absolute atomic E-state index is 12.7. The van der Waals surface area contributed by atoms with E-state index < -0.39 is 10.1 Å². The molecule has 9 heteroatoms. The lowest BCUT2D eigenvalue weighted by molar-refractivity contribution is -0.122. The molecular formula is C18H14ClNO4S3. The number of carbonyl (C=O) groups excluding carboxylic acids is 1. The van der Waals surface area contributed by atoms with Crippen molar-refractivity contribution in [3.63, 3.8) is 0 Å². The zero-order valence-corrected chi connectivity index (χ0v) is 17.3. The summed E-state index contributed by atoms with van der Waals surface area (Å²) in [5.74, 6) is -0.144. The second-order valence-corrected chi connectivity index (χ2v) is 9.39. The lowest BCUT2D eigenvalue weighted by Gasteiger charge is -2.14. The van der Waals surface area contributed by atoms with Crippen LogP contribution in [0.25, 0.3) is 6.08 Å². The topological polar surface area (TPSA) is 63.7 Å². The molecule has 1 fully saturated rings. The zero-order valence-electron chi connectivity index (χ0n) is 14.1. The molecule has 0 atom stereocenters. The Morgan fingerprint density at radius 1 is 1.22 bits per heavy atom. The Morgan fingerprint density at radius 3 is 2.56 bits per heavy atom. The summed E-state index contributed by atoms with van der Waals surface area (Å²) >= 11 is 12.6. The quantitative estimate of drug-likeness (QED) is 0.397. The molecule has 0 unspecified atom stereocenters. The van der Waals surface area contributed by atoms with E-state index in [9.17, 15) is 13.2 Å². The lowest BCUT2D eigenvalue weighted by atomic mass is 10.2. The molecule has 1 heterocycles. The van der Waals surface area contributed by atoms with Crippen LogP contribution < -0.4 is 4.18 Å². The summed E-state index contributed by atoms with van der Waals surface area (Å²) in [6, 6.07) is 14.2. The number of amides is 1. The molecule has 140 valence electrons. The molecule has 0 spiro atoms. The van der Waals surface area contributed by atoms with Crippen molar-refractivity contribution in [1.82, 2.24) is 4.90 Å². The summed E-state index contributed by atoms with van der Waals surface area (Å²) < 4.78 is 27.7. The third-order valence-electron chi connectivity index (χ3n) is 3.55. The van der Waals surface area contributed by atoms with E-state index >= 15 is 0 Å². The molecule has 1 saturated heterocycles. The molecule has 1 aliphatic heterocycles. The van der Waals surface area contributed by atoms with Gasteiger partial charge in [0.2, 0.25) is 0 Å². The molecule has 0 radical (unpaired) electrons. The molecule has 0 saturated carbocycles. The van der Waals surface area contributed by atoms with E-state index in [-0.39, 0.29) is 16.7 Å². The first kappa shape index (κ1) is 19.9. The van der Waals surface area contributed by atoms with Crippen molar-refractivity contribution in [1.29, 1.82) is 0 Å². The van der Waals surface area contributed by atoms with Gasteiger partial charge in [-0.25, -0.2) is 0 Å². The SMILES string of the molecule is CS(=O)(=O)Oc1ccc(C=C2SC(=S)N(Cc3ccccc3)C2=O)cc1Cl. The summed E-state index contributed by atoms with van der Waals surface area (Å²) in [6.45, 7) is 0.407. The third-order valence-corrected chi connectivity index (χ3v) is 5.71. The number of hydrogen-bond donors (Lipinski definition) is 0. The van der Waals surface area contributed by atoms with Crippen LogP contribution in [0.2, 0.25) is 5.02 Å². The van der Waals surface area contributed by atoms with E-state index in [1.807, 2.05) is 30.3 Å². The molecule has 5 nitrogen and oxygen atoms in total. The third kappa shape index (κ3) is 5.10. The number of thioether (sulfide) groups is 1. The molecule has 0 N–H and O–H groups in total. The fraction of sp³-hybridized carbons (Fsp3) is 0.111. The minimum Gasteiger partial charge on any atom is -0.381 e. The number of thiocarbonyl (C=S) groups is 1. The molecule has 0 aromatic heterocycles. The minimum atomic E-state index is -3.67. The van der Waals surface area contributed by atoms with Gasteiger partial charge < -0.3 is 4.18 Å². The Morgan fingerprint density at radius 2 is 1.93 bits per heavy atom. The normalized spacial score (nSPS) is 16.2. The van der Waals surface area contributed by atoms with Crippen molar-refractivity contribution < 1.29 is 17.4 Å². The number of rotatable bonds is 5. The average Bonchev–Trinajstić information content (AvgIpc) is 2.85. The summed E-state index contributed by atoms with van der Waals surface area (Å²) in [5, 5.41) is 0.133. The van der Waals surface area contributed by atoms with Crippen LogP contribution in [0.1, 0.15) is 11.1 Å². The van der Waals surface area contributed by atoms with Gasteiger partial charge in [0.1, 0.15) is 4.32 Å². The Hall–Kier alpha value is -1.87. The van der Waals surface area contributed by atoms with Crippen LogP contribution >= 0.6 is 35.6 Å². The molecule has 1 amide bonds. The van der Waals surface area contributed by atoms with Crippen LogP contribution in [-0.2, 0) is 21.5 Å². The van der Waals surface area contributed by atoms with Crippen LogP contribution in [0.15, 0.2) is 53.4 Å². The molecule has 27 heavy (non-hydrogen) atoms. The highest BCUT2D eigenvalue weighted by Gasteiger charge is 2.31. The van der Waals surface area contributed by atoms with Gasteiger partial charge in [-0.3, -0.25) is 9.69 Å². The van der Waals surface area contributed by atoms with Crippen molar-refractivity contribution >= 4 is 62.0 Å². The molecule has 3 rings (SSSR count). The van der Waals surface area contributed by atoms with Crippen LogP contribution in [0, 0.1) is 0 Å². The van der Waals surface area contributed by atoms with Gasteiger partial charge in [0, 0.05) is 0 Å². The van der Waals surface area contributed by atoms with Crippen LogP contribution in [0.4, 0.5) is 0 Å². The van der Waals surface area contributed by atoms with Gasteiger partial charge in [-0.1, -0.05) is 72.0 Å². The molecular weight excluding hydrogens is 426 g/mol. The number of carbonyl (C=O) groups is 1. The maximum Gasteiger partial charge on any atom is 0.306 e. The summed E-state index contributed by atoms with van der Waals surface area (Å²) in [6.07, 6.45) is 2.61. The van der Waals surface area contributed by atoms with Gasteiger partial charge in [-0.15, -0.1) is 0 Å². The zero-order chi connectivity index (χ0) is 19.6. The highest BCUT2D eigenvalue weighted by molar-refractivity contribution is 8.26. The van der Waals surface area contributed by atoms with Gasteiger partial charge in [-0.05, 0) is 29.3 Å². The van der Waals surface area contributed by atoms with E-state index in [2.05, 4.69) is 0 Å². The van der Waals surface area contributed by atoms with Gasteiger partial charge in [0.25, 0.3) is 5.91 Å². The first-order chi connectivity index (χ1) is 12.7. The van der Waals surface area contributed by atoms with Gasteiger partial charge in [0.05, 0.1) is 22.7 Å². The summed E-state index contributed by atoms with van der Waals surface area (Å²) in [4.78, 5) is 14.7. The minimum absolute atomic E-state index is 0.0351. The van der Waals surface area contributed by atoms with Crippen molar-refractivity contribution in [2.75, 3.05) is 6.26 Å². The lowest BCUT2D eigenvalue weighted by Crippen LogP contribution is -2.27. The summed E-state index contributed by atoms with van der Waals surface area (Å²) in [7, 11) is -3.67. The fourth-order valence-corrected chi connectivity index (χ4v) is 4.39. The second-order valence-electron chi connectivity index (χ2n) is 5.73. The van der Waals surface area contributed by atoms with Crippen molar-refractivity contribution in [3.05, 3.63) is 69.6 Å². The van der Waals surface area contributed by atoms with E-state index in [0.29, 0.717) is 21.3 Å². The molecule has 2 aromatic carbocycles. The Labute approximate surface area is 172 Å². The first-order valence-corrected chi connectivity index (χ1v) is 11.1. The van der Waals surface area contributed by atoms with Crippen LogP contribution in [-0.4, -0.2) is 29.8 Å². The van der Waals surface area contributed by atoms with Crippen molar-refractivity contribution in [2.24, 2.45) is 0 Å². The van der Waals surface area contributed by atoms with Crippen LogP contribution in [0.5, 0.6) is 5.75 Å². The van der Waals surface area contributed by atoms with Gasteiger partial charge >= 0.3 is 10.1 Å². The number of halogens is 1. The average molecular weight is 440 g/mol. The monoisotopic (exact) mass is 439 g/mol. The van der Waals surface area contributed by atoms with Crippen molar-refractivity contribution in [3.8, 4) is 5.75 Å². The largest absolute Gasteiger partial charge is 0.381 e. The Balaban J connectivity index is 1.80. The summed E-state index contributed by atoms with van der Waals surface area (Å²) in [5.41, 5.74) is 1.63. The van der Waals surface area contributed by atoms with Crippen molar-refractivity contribution in [2.45, 2.75) is 6.54 Å². The predicted octanol–water partition coefficient (Wildman–Crippen LogP) is 4.08. The molecule has 0 aliphatic carbocycles. The van der Waals surface area contributed by atoms with E-state index in [4.69, 9.17) is 28.0 Å². The van der Waals surface area contributed by atoms with E-state index in [1.54, 1.807) is 17.0 Å².